The lowest BCUT2D eigenvalue weighted by atomic mass is 10.1. The summed E-state index contributed by atoms with van der Waals surface area (Å²) in [7, 11) is 0. The molecular weight excluding hydrogens is 263 g/mol. The van der Waals surface area contributed by atoms with E-state index in [0.717, 1.165) is 5.56 Å². The maximum atomic E-state index is 13.1. The molecule has 1 N–H and O–H groups in total. The van der Waals surface area contributed by atoms with Crippen LogP contribution in [0.5, 0.6) is 0 Å². The molecule has 5 nitrogen and oxygen atoms in total. The Morgan fingerprint density at radius 3 is 2.45 bits per heavy atom. The Balaban J connectivity index is 2.19. The van der Waals surface area contributed by atoms with E-state index in [0.29, 0.717) is 5.69 Å². The first-order valence-corrected chi connectivity index (χ1v) is 5.79. The summed E-state index contributed by atoms with van der Waals surface area (Å²) in [6.45, 7) is 1.74. The molecule has 0 heterocycles. The van der Waals surface area contributed by atoms with E-state index < -0.39 is 16.6 Å². The molecule has 0 aliphatic rings. The van der Waals surface area contributed by atoms with Gasteiger partial charge in [0.25, 0.3) is 11.6 Å². The first-order valence-electron chi connectivity index (χ1n) is 5.79. The largest absolute Gasteiger partial charge is 0.322 e. The molecule has 0 aliphatic heterocycles. The zero-order valence-corrected chi connectivity index (χ0v) is 10.6. The summed E-state index contributed by atoms with van der Waals surface area (Å²) in [5.74, 6) is -0.900. The Morgan fingerprint density at radius 1 is 1.20 bits per heavy atom. The van der Waals surface area contributed by atoms with Gasteiger partial charge < -0.3 is 5.32 Å². The molecule has 102 valence electrons. The van der Waals surface area contributed by atoms with E-state index >= 15 is 0 Å². The number of non-ortho nitro benzene ring substituents is 1. The monoisotopic (exact) mass is 274 g/mol. The number of carbonyl (C=O) groups excluding carboxylic acids is 1. The van der Waals surface area contributed by atoms with Gasteiger partial charge in [0.15, 0.2) is 0 Å². The zero-order chi connectivity index (χ0) is 14.7. The molecule has 2 aromatic rings. The number of nitro benzene ring substituents is 1. The van der Waals surface area contributed by atoms with Gasteiger partial charge in [0.05, 0.1) is 4.92 Å². The SMILES string of the molecule is Cc1ccc(F)cc1NC(=O)c1ccc([N+](=O)[O-])cc1. The molecule has 0 aliphatic carbocycles. The zero-order valence-electron chi connectivity index (χ0n) is 10.6. The highest BCUT2D eigenvalue weighted by atomic mass is 19.1. The number of amides is 1. The van der Waals surface area contributed by atoms with Crippen LogP contribution in [0.15, 0.2) is 42.5 Å². The molecule has 0 unspecified atom stereocenters. The van der Waals surface area contributed by atoms with Crippen LogP contribution in [0.4, 0.5) is 15.8 Å². The Morgan fingerprint density at radius 2 is 1.85 bits per heavy atom. The lowest BCUT2D eigenvalue weighted by Crippen LogP contribution is -2.12. The topological polar surface area (TPSA) is 72.2 Å². The van der Waals surface area contributed by atoms with Crippen LogP contribution in [0.25, 0.3) is 0 Å². The van der Waals surface area contributed by atoms with Crippen LogP contribution in [0.1, 0.15) is 15.9 Å². The van der Waals surface area contributed by atoms with E-state index in [1.165, 1.54) is 36.4 Å². The van der Waals surface area contributed by atoms with Crippen LogP contribution in [0.3, 0.4) is 0 Å². The maximum absolute atomic E-state index is 13.1. The molecular formula is C14H11FN2O3. The molecule has 20 heavy (non-hydrogen) atoms. The number of halogens is 1. The van der Waals surface area contributed by atoms with Crippen molar-refractivity contribution in [2.45, 2.75) is 6.92 Å². The minimum Gasteiger partial charge on any atom is -0.322 e. The van der Waals surface area contributed by atoms with Gasteiger partial charge in [-0.25, -0.2) is 4.39 Å². The van der Waals surface area contributed by atoms with Crippen molar-refractivity contribution in [1.82, 2.24) is 0 Å². The van der Waals surface area contributed by atoms with Gasteiger partial charge in [-0.1, -0.05) is 6.07 Å². The first-order chi connectivity index (χ1) is 9.47. The van der Waals surface area contributed by atoms with Crippen molar-refractivity contribution >= 4 is 17.3 Å². The van der Waals surface area contributed by atoms with Gasteiger partial charge >= 0.3 is 0 Å². The summed E-state index contributed by atoms with van der Waals surface area (Å²) >= 11 is 0. The second-order valence-electron chi connectivity index (χ2n) is 4.22. The Labute approximate surface area is 114 Å². The number of hydrogen-bond donors (Lipinski definition) is 1. The minimum absolute atomic E-state index is 0.0940. The van der Waals surface area contributed by atoms with Crippen molar-refractivity contribution in [2.24, 2.45) is 0 Å². The summed E-state index contributed by atoms with van der Waals surface area (Å²) < 4.78 is 13.1. The van der Waals surface area contributed by atoms with E-state index in [-0.39, 0.29) is 11.3 Å². The lowest BCUT2D eigenvalue weighted by Gasteiger charge is -2.08. The maximum Gasteiger partial charge on any atom is 0.269 e. The van der Waals surface area contributed by atoms with Gasteiger partial charge in [-0.05, 0) is 36.8 Å². The van der Waals surface area contributed by atoms with Crippen molar-refractivity contribution in [3.05, 3.63) is 69.5 Å². The van der Waals surface area contributed by atoms with Crippen molar-refractivity contribution in [1.29, 1.82) is 0 Å². The fourth-order valence-electron chi connectivity index (χ4n) is 1.66. The molecule has 0 fully saturated rings. The molecule has 0 saturated heterocycles. The van der Waals surface area contributed by atoms with E-state index in [4.69, 9.17) is 0 Å². The second-order valence-corrected chi connectivity index (χ2v) is 4.22. The van der Waals surface area contributed by atoms with E-state index in [1.54, 1.807) is 13.0 Å². The second kappa shape index (κ2) is 5.48. The highest BCUT2D eigenvalue weighted by Gasteiger charge is 2.11. The molecule has 1 amide bonds. The van der Waals surface area contributed by atoms with Crippen LogP contribution in [0.2, 0.25) is 0 Å². The minimum atomic E-state index is -0.543. The number of nitro groups is 1. The van der Waals surface area contributed by atoms with Crippen LogP contribution in [-0.4, -0.2) is 10.8 Å². The number of benzene rings is 2. The standard InChI is InChI=1S/C14H11FN2O3/c1-9-2-5-11(15)8-13(9)16-14(18)10-3-6-12(7-4-10)17(19)20/h2-8H,1H3,(H,16,18). The number of carbonyl (C=O) groups is 1. The summed E-state index contributed by atoms with van der Waals surface area (Å²) in [4.78, 5) is 21.9. The number of hydrogen-bond acceptors (Lipinski definition) is 3. The smallest absolute Gasteiger partial charge is 0.269 e. The van der Waals surface area contributed by atoms with Crippen molar-refractivity contribution in [3.63, 3.8) is 0 Å². The fraction of sp³-hybridized carbons (Fsp3) is 0.0714. The highest BCUT2D eigenvalue weighted by Crippen LogP contribution is 2.18. The molecule has 0 saturated carbocycles. The van der Waals surface area contributed by atoms with Crippen LogP contribution in [-0.2, 0) is 0 Å². The van der Waals surface area contributed by atoms with Crippen LogP contribution < -0.4 is 5.32 Å². The predicted molar refractivity (Wildman–Crippen MR) is 72.2 cm³/mol. The van der Waals surface area contributed by atoms with Crippen molar-refractivity contribution in [3.8, 4) is 0 Å². The number of aryl methyl sites for hydroxylation is 1. The normalized spacial score (nSPS) is 10.1. The number of anilines is 1. The third-order valence-corrected chi connectivity index (χ3v) is 2.79. The fourth-order valence-corrected chi connectivity index (χ4v) is 1.66. The van der Waals surface area contributed by atoms with Gasteiger partial charge in [0.1, 0.15) is 5.82 Å². The molecule has 2 rings (SSSR count). The number of rotatable bonds is 3. The van der Waals surface area contributed by atoms with Crippen molar-refractivity contribution < 1.29 is 14.1 Å². The van der Waals surface area contributed by atoms with Gasteiger partial charge in [-0.3, -0.25) is 14.9 Å². The third kappa shape index (κ3) is 2.97. The Hall–Kier alpha value is -2.76. The number of nitrogens with zero attached hydrogens (tertiary/aromatic N) is 1. The molecule has 6 heteroatoms. The average molecular weight is 274 g/mol. The lowest BCUT2D eigenvalue weighted by molar-refractivity contribution is -0.384. The third-order valence-electron chi connectivity index (χ3n) is 2.79. The number of nitrogens with one attached hydrogen (secondary N) is 1. The van der Waals surface area contributed by atoms with E-state index in [1.807, 2.05) is 0 Å². The van der Waals surface area contributed by atoms with Gasteiger partial charge in [0, 0.05) is 23.4 Å². The van der Waals surface area contributed by atoms with Crippen LogP contribution >= 0.6 is 0 Å². The summed E-state index contributed by atoms with van der Waals surface area (Å²) in [6, 6.07) is 9.27. The molecule has 0 atom stereocenters. The van der Waals surface area contributed by atoms with E-state index in [9.17, 15) is 19.3 Å². The summed E-state index contributed by atoms with van der Waals surface area (Å²) in [6.07, 6.45) is 0. The van der Waals surface area contributed by atoms with Crippen molar-refractivity contribution in [2.75, 3.05) is 5.32 Å². The Bertz CT molecular complexity index is 669. The molecule has 0 spiro atoms. The highest BCUT2D eigenvalue weighted by molar-refractivity contribution is 6.04. The molecule has 0 radical (unpaired) electrons. The molecule has 0 bridgehead atoms. The molecule has 0 aromatic heterocycles. The summed E-state index contributed by atoms with van der Waals surface area (Å²) in [5, 5.41) is 13.1. The summed E-state index contributed by atoms with van der Waals surface area (Å²) in [5.41, 5.74) is 1.26. The Kier molecular flexibility index (Phi) is 3.74. The first kappa shape index (κ1) is 13.7. The van der Waals surface area contributed by atoms with Gasteiger partial charge in [0.2, 0.25) is 0 Å². The van der Waals surface area contributed by atoms with Gasteiger partial charge in [-0.2, -0.15) is 0 Å². The predicted octanol–water partition coefficient (Wildman–Crippen LogP) is 3.29. The van der Waals surface area contributed by atoms with Gasteiger partial charge in [-0.15, -0.1) is 0 Å². The molecule has 2 aromatic carbocycles. The van der Waals surface area contributed by atoms with E-state index in [2.05, 4.69) is 5.32 Å². The quantitative estimate of drug-likeness (QED) is 0.689. The van der Waals surface area contributed by atoms with Crippen LogP contribution in [0, 0.1) is 22.9 Å². The average Bonchev–Trinajstić information content (AvgIpc) is 2.43.